The van der Waals surface area contributed by atoms with Crippen molar-refractivity contribution in [3.05, 3.63) is 40.9 Å². The van der Waals surface area contributed by atoms with Crippen molar-refractivity contribution in [3.63, 3.8) is 0 Å². The van der Waals surface area contributed by atoms with Crippen LogP contribution in [-0.4, -0.2) is 25.9 Å². The van der Waals surface area contributed by atoms with Gasteiger partial charge in [-0.2, -0.15) is 0 Å². The topological polar surface area (TPSA) is 88.2 Å². The molecule has 0 fully saturated rings. The van der Waals surface area contributed by atoms with Crippen molar-refractivity contribution in [2.75, 3.05) is 11.9 Å². The number of anilines is 1. The van der Waals surface area contributed by atoms with Crippen molar-refractivity contribution >= 4 is 32.4 Å². The van der Waals surface area contributed by atoms with Gasteiger partial charge in [-0.25, -0.2) is 18.1 Å². The maximum Gasteiger partial charge on any atom is 0.257 e. The van der Waals surface area contributed by atoms with Gasteiger partial charge in [0.05, 0.1) is 4.90 Å². The van der Waals surface area contributed by atoms with Crippen LogP contribution in [0.25, 0.3) is 0 Å². The zero-order valence-electron chi connectivity index (χ0n) is 12.3. The number of carbonyl (C=O) groups is 1. The van der Waals surface area contributed by atoms with Gasteiger partial charge in [-0.1, -0.05) is 13.0 Å². The largest absolute Gasteiger partial charge is 0.298 e. The van der Waals surface area contributed by atoms with Gasteiger partial charge >= 0.3 is 0 Å². The molecule has 0 atom stereocenters. The summed E-state index contributed by atoms with van der Waals surface area (Å²) in [4.78, 5) is 17.3. The zero-order chi connectivity index (χ0) is 16.2. The van der Waals surface area contributed by atoms with Crippen LogP contribution in [0.15, 0.2) is 35.4 Å². The molecule has 0 aliphatic carbocycles. The van der Waals surface area contributed by atoms with E-state index in [1.807, 2.05) is 13.8 Å². The molecule has 2 aromatic rings. The standard InChI is InChI=1S/C14H17N3O3S2/c1-3-7-16-22(19,20)12-6-4-5-11(8-12)13(18)17-14-15-9-10(2)21-14/h4-6,8-9,16H,3,7H2,1-2H3,(H,15,17,18). The summed E-state index contributed by atoms with van der Waals surface area (Å²) >= 11 is 1.36. The SMILES string of the molecule is CCCNS(=O)(=O)c1cccc(C(=O)Nc2ncc(C)s2)c1. The molecule has 118 valence electrons. The molecule has 0 unspecified atom stereocenters. The Morgan fingerprint density at radius 2 is 2.14 bits per heavy atom. The highest BCUT2D eigenvalue weighted by atomic mass is 32.2. The van der Waals surface area contributed by atoms with Crippen molar-refractivity contribution in [2.45, 2.75) is 25.2 Å². The van der Waals surface area contributed by atoms with Gasteiger partial charge in [-0.05, 0) is 31.5 Å². The maximum atomic E-state index is 12.2. The fraction of sp³-hybridized carbons (Fsp3) is 0.286. The summed E-state index contributed by atoms with van der Waals surface area (Å²) in [5.41, 5.74) is 0.271. The van der Waals surface area contributed by atoms with Crippen LogP contribution in [0, 0.1) is 6.92 Å². The number of nitrogens with zero attached hydrogens (tertiary/aromatic N) is 1. The van der Waals surface area contributed by atoms with E-state index in [1.165, 1.54) is 23.5 Å². The van der Waals surface area contributed by atoms with Gasteiger partial charge < -0.3 is 0 Å². The second-order valence-electron chi connectivity index (χ2n) is 4.66. The van der Waals surface area contributed by atoms with E-state index in [-0.39, 0.29) is 16.4 Å². The summed E-state index contributed by atoms with van der Waals surface area (Å²) in [7, 11) is -3.59. The molecule has 0 spiro atoms. The van der Waals surface area contributed by atoms with Gasteiger partial charge in [0.15, 0.2) is 5.13 Å². The van der Waals surface area contributed by atoms with Gasteiger partial charge in [0.1, 0.15) is 0 Å². The molecule has 1 amide bonds. The van der Waals surface area contributed by atoms with Gasteiger partial charge in [0.2, 0.25) is 10.0 Å². The average molecular weight is 339 g/mol. The molecule has 0 saturated heterocycles. The number of sulfonamides is 1. The van der Waals surface area contributed by atoms with E-state index >= 15 is 0 Å². The molecule has 0 saturated carbocycles. The van der Waals surface area contributed by atoms with Gasteiger partial charge in [-0.15, -0.1) is 11.3 Å². The van der Waals surface area contributed by atoms with Gasteiger partial charge in [0, 0.05) is 23.2 Å². The van der Waals surface area contributed by atoms with Crippen molar-refractivity contribution < 1.29 is 13.2 Å². The normalized spacial score (nSPS) is 11.4. The maximum absolute atomic E-state index is 12.2. The fourth-order valence-electron chi connectivity index (χ4n) is 1.71. The van der Waals surface area contributed by atoms with Crippen LogP contribution in [0.5, 0.6) is 0 Å². The number of benzene rings is 1. The minimum Gasteiger partial charge on any atom is -0.298 e. The zero-order valence-corrected chi connectivity index (χ0v) is 13.9. The third kappa shape index (κ3) is 4.12. The van der Waals surface area contributed by atoms with E-state index in [9.17, 15) is 13.2 Å². The van der Waals surface area contributed by atoms with Gasteiger partial charge in [-0.3, -0.25) is 10.1 Å². The second kappa shape index (κ2) is 6.99. The highest BCUT2D eigenvalue weighted by Gasteiger charge is 2.16. The van der Waals surface area contributed by atoms with E-state index in [2.05, 4.69) is 15.0 Å². The lowest BCUT2D eigenvalue weighted by Gasteiger charge is -2.07. The highest BCUT2D eigenvalue weighted by molar-refractivity contribution is 7.89. The molecule has 0 bridgehead atoms. The minimum atomic E-state index is -3.59. The molecule has 8 heteroatoms. The minimum absolute atomic E-state index is 0.0731. The Morgan fingerprint density at radius 3 is 2.77 bits per heavy atom. The Bertz CT molecular complexity index is 769. The lowest BCUT2D eigenvalue weighted by atomic mass is 10.2. The van der Waals surface area contributed by atoms with Crippen LogP contribution in [0.3, 0.4) is 0 Å². The lowest BCUT2D eigenvalue weighted by Crippen LogP contribution is -2.24. The number of nitrogens with one attached hydrogen (secondary N) is 2. The molecule has 0 radical (unpaired) electrons. The summed E-state index contributed by atoms with van der Waals surface area (Å²) in [6.07, 6.45) is 2.36. The number of rotatable bonds is 6. The van der Waals surface area contributed by atoms with Gasteiger partial charge in [0.25, 0.3) is 5.91 Å². The molecular weight excluding hydrogens is 322 g/mol. The van der Waals surface area contributed by atoms with E-state index in [1.54, 1.807) is 18.3 Å². The van der Waals surface area contributed by atoms with E-state index in [4.69, 9.17) is 0 Å². The Labute approximate surface area is 133 Å². The summed E-state index contributed by atoms with van der Waals surface area (Å²) in [6.45, 7) is 4.12. The van der Waals surface area contributed by atoms with Crippen molar-refractivity contribution in [2.24, 2.45) is 0 Å². The number of hydrogen-bond donors (Lipinski definition) is 2. The number of aryl methyl sites for hydroxylation is 1. The quantitative estimate of drug-likeness (QED) is 0.846. The molecule has 1 aromatic heterocycles. The number of aromatic nitrogens is 1. The summed E-state index contributed by atoms with van der Waals surface area (Å²) in [6, 6.07) is 5.92. The van der Waals surface area contributed by atoms with Crippen LogP contribution in [0.1, 0.15) is 28.6 Å². The molecule has 1 aromatic carbocycles. The Hall–Kier alpha value is -1.77. The smallest absolute Gasteiger partial charge is 0.257 e. The van der Waals surface area contributed by atoms with Crippen LogP contribution < -0.4 is 10.0 Å². The highest BCUT2D eigenvalue weighted by Crippen LogP contribution is 2.18. The van der Waals surface area contributed by atoms with E-state index in [0.29, 0.717) is 18.1 Å². The van der Waals surface area contributed by atoms with Crippen molar-refractivity contribution in [3.8, 4) is 0 Å². The molecule has 0 aliphatic heterocycles. The summed E-state index contributed by atoms with van der Waals surface area (Å²) in [5.74, 6) is -0.387. The van der Waals surface area contributed by atoms with Crippen LogP contribution >= 0.6 is 11.3 Å². The molecule has 6 nitrogen and oxygen atoms in total. The predicted molar refractivity (Wildman–Crippen MR) is 86.7 cm³/mol. The summed E-state index contributed by atoms with van der Waals surface area (Å²) in [5, 5.41) is 3.14. The first-order valence-corrected chi connectivity index (χ1v) is 9.06. The number of thiazole rings is 1. The first-order valence-electron chi connectivity index (χ1n) is 6.76. The Morgan fingerprint density at radius 1 is 1.36 bits per heavy atom. The second-order valence-corrected chi connectivity index (χ2v) is 7.66. The molecule has 0 aliphatic rings. The van der Waals surface area contributed by atoms with Crippen molar-refractivity contribution in [1.29, 1.82) is 0 Å². The predicted octanol–water partition coefficient (Wildman–Crippen LogP) is 2.39. The number of amides is 1. The molecule has 2 N–H and O–H groups in total. The number of carbonyl (C=O) groups excluding carboxylic acids is 1. The van der Waals surface area contributed by atoms with E-state index in [0.717, 1.165) is 4.88 Å². The average Bonchev–Trinajstić information content (AvgIpc) is 2.90. The first-order chi connectivity index (χ1) is 10.4. The van der Waals surface area contributed by atoms with E-state index < -0.39 is 10.0 Å². The third-order valence-electron chi connectivity index (χ3n) is 2.79. The number of hydrogen-bond acceptors (Lipinski definition) is 5. The monoisotopic (exact) mass is 339 g/mol. The molecular formula is C14H17N3O3S2. The Kier molecular flexibility index (Phi) is 5.28. The molecule has 1 heterocycles. The van der Waals surface area contributed by atoms with Crippen molar-refractivity contribution in [1.82, 2.24) is 9.71 Å². The Balaban J connectivity index is 2.19. The third-order valence-corrected chi connectivity index (χ3v) is 5.08. The molecule has 2 rings (SSSR count). The van der Waals surface area contributed by atoms with Crippen LogP contribution in [0.4, 0.5) is 5.13 Å². The fourth-order valence-corrected chi connectivity index (χ4v) is 3.54. The first kappa shape index (κ1) is 16.6. The lowest BCUT2D eigenvalue weighted by molar-refractivity contribution is 0.102. The summed E-state index contributed by atoms with van der Waals surface area (Å²) < 4.78 is 26.6. The van der Waals surface area contributed by atoms with Crippen LogP contribution in [-0.2, 0) is 10.0 Å². The molecule has 22 heavy (non-hydrogen) atoms. The van der Waals surface area contributed by atoms with Crippen LogP contribution in [0.2, 0.25) is 0 Å².